The van der Waals surface area contributed by atoms with Gasteiger partial charge in [-0.2, -0.15) is 0 Å². The molecular formula is C16H23NO3. The summed E-state index contributed by atoms with van der Waals surface area (Å²) >= 11 is 0. The average Bonchev–Trinajstić information content (AvgIpc) is 2.46. The lowest BCUT2D eigenvalue weighted by Crippen LogP contribution is -2.39. The van der Waals surface area contributed by atoms with Gasteiger partial charge in [0.05, 0.1) is 5.41 Å². The van der Waals surface area contributed by atoms with Crippen LogP contribution in [0.25, 0.3) is 0 Å². The van der Waals surface area contributed by atoms with E-state index in [9.17, 15) is 14.7 Å². The second-order valence-corrected chi connectivity index (χ2v) is 4.94. The maximum Gasteiger partial charge on any atom is 0.310 e. The first kappa shape index (κ1) is 16.2. The number of anilines is 1. The van der Waals surface area contributed by atoms with Gasteiger partial charge in [0.25, 0.3) is 0 Å². The Morgan fingerprint density at radius 1 is 1.10 bits per heavy atom. The molecule has 1 aromatic rings. The average molecular weight is 277 g/mol. The Morgan fingerprint density at radius 2 is 1.65 bits per heavy atom. The van der Waals surface area contributed by atoms with Crippen LogP contribution in [-0.4, -0.2) is 23.5 Å². The molecule has 20 heavy (non-hydrogen) atoms. The maximum absolute atomic E-state index is 12.5. The van der Waals surface area contributed by atoms with Crippen molar-refractivity contribution in [2.75, 3.05) is 11.4 Å². The molecule has 1 rings (SSSR count). The normalized spacial score (nSPS) is 11.2. The summed E-state index contributed by atoms with van der Waals surface area (Å²) in [6.45, 7) is 6.07. The number of carbonyl (C=O) groups excluding carboxylic acids is 1. The van der Waals surface area contributed by atoms with E-state index in [4.69, 9.17) is 0 Å². The van der Waals surface area contributed by atoms with Crippen molar-refractivity contribution in [3.63, 3.8) is 0 Å². The summed E-state index contributed by atoms with van der Waals surface area (Å²) in [5.74, 6) is -1.02. The van der Waals surface area contributed by atoms with Crippen LogP contribution in [-0.2, 0) is 9.59 Å². The fourth-order valence-corrected chi connectivity index (χ4v) is 2.37. The molecule has 0 aromatic heterocycles. The van der Waals surface area contributed by atoms with Crippen LogP contribution in [0.15, 0.2) is 30.3 Å². The highest BCUT2D eigenvalue weighted by Gasteiger charge is 2.38. The van der Waals surface area contributed by atoms with Crippen molar-refractivity contribution >= 4 is 17.6 Å². The summed E-state index contributed by atoms with van der Waals surface area (Å²) in [7, 11) is 0. The van der Waals surface area contributed by atoms with Gasteiger partial charge in [-0.3, -0.25) is 9.59 Å². The zero-order valence-electron chi connectivity index (χ0n) is 12.4. The molecule has 0 radical (unpaired) electrons. The number of carbonyl (C=O) groups is 2. The second-order valence-electron chi connectivity index (χ2n) is 4.94. The van der Waals surface area contributed by atoms with Gasteiger partial charge < -0.3 is 10.0 Å². The third-order valence-electron chi connectivity index (χ3n) is 3.98. The van der Waals surface area contributed by atoms with Gasteiger partial charge in [0.1, 0.15) is 0 Å². The number of nitrogens with zero attached hydrogens (tertiary/aromatic N) is 1. The number of aliphatic carboxylic acids is 1. The summed E-state index contributed by atoms with van der Waals surface area (Å²) in [6, 6.07) is 9.36. The highest BCUT2D eigenvalue weighted by Crippen LogP contribution is 2.32. The first-order valence-corrected chi connectivity index (χ1v) is 7.09. The SMILES string of the molecule is CCN(C(=O)CC(CC)(CC)C(=O)O)c1ccccc1. The number of rotatable bonds is 7. The first-order chi connectivity index (χ1) is 9.50. The maximum atomic E-state index is 12.5. The van der Waals surface area contributed by atoms with Crippen molar-refractivity contribution in [3.8, 4) is 0 Å². The monoisotopic (exact) mass is 277 g/mol. The predicted molar refractivity (Wildman–Crippen MR) is 79.7 cm³/mol. The number of hydrogen-bond acceptors (Lipinski definition) is 2. The van der Waals surface area contributed by atoms with Crippen LogP contribution in [0.1, 0.15) is 40.0 Å². The number of para-hydroxylation sites is 1. The molecule has 0 atom stereocenters. The molecule has 1 aromatic carbocycles. The first-order valence-electron chi connectivity index (χ1n) is 7.09. The molecule has 0 aliphatic carbocycles. The smallest absolute Gasteiger partial charge is 0.310 e. The largest absolute Gasteiger partial charge is 0.481 e. The van der Waals surface area contributed by atoms with Crippen LogP contribution in [0.5, 0.6) is 0 Å². The molecule has 1 amide bonds. The van der Waals surface area contributed by atoms with Crippen molar-refractivity contribution in [3.05, 3.63) is 30.3 Å². The minimum absolute atomic E-state index is 0.0397. The Kier molecular flexibility index (Phi) is 5.74. The van der Waals surface area contributed by atoms with Gasteiger partial charge in [-0.05, 0) is 31.9 Å². The van der Waals surface area contributed by atoms with E-state index in [1.54, 1.807) is 4.90 Å². The quantitative estimate of drug-likeness (QED) is 0.831. The molecule has 0 fully saturated rings. The van der Waals surface area contributed by atoms with E-state index in [0.717, 1.165) is 5.69 Å². The minimum Gasteiger partial charge on any atom is -0.481 e. The zero-order valence-corrected chi connectivity index (χ0v) is 12.4. The van der Waals surface area contributed by atoms with E-state index in [1.807, 2.05) is 51.1 Å². The fraction of sp³-hybridized carbons (Fsp3) is 0.500. The number of hydrogen-bond donors (Lipinski definition) is 1. The molecular weight excluding hydrogens is 254 g/mol. The molecule has 0 aliphatic rings. The fourth-order valence-electron chi connectivity index (χ4n) is 2.37. The van der Waals surface area contributed by atoms with Crippen molar-refractivity contribution in [1.82, 2.24) is 0 Å². The Labute approximate surface area is 120 Å². The Morgan fingerprint density at radius 3 is 2.05 bits per heavy atom. The molecule has 110 valence electrons. The van der Waals surface area contributed by atoms with Gasteiger partial charge in [-0.25, -0.2) is 0 Å². The van der Waals surface area contributed by atoms with Crippen molar-refractivity contribution in [2.45, 2.75) is 40.0 Å². The summed E-state index contributed by atoms with van der Waals surface area (Å²) in [5.41, 5.74) is -0.147. The zero-order chi connectivity index (χ0) is 15.2. The molecule has 0 aliphatic heterocycles. The highest BCUT2D eigenvalue weighted by molar-refractivity contribution is 5.96. The van der Waals surface area contributed by atoms with Crippen LogP contribution in [0, 0.1) is 5.41 Å². The van der Waals surface area contributed by atoms with E-state index in [-0.39, 0.29) is 12.3 Å². The Hall–Kier alpha value is -1.84. The summed E-state index contributed by atoms with van der Waals surface area (Å²) in [6.07, 6.45) is 0.950. The second kappa shape index (κ2) is 7.08. The Balaban J connectivity index is 2.95. The van der Waals surface area contributed by atoms with Crippen molar-refractivity contribution < 1.29 is 14.7 Å². The molecule has 0 spiro atoms. The molecule has 4 nitrogen and oxygen atoms in total. The third kappa shape index (κ3) is 3.38. The van der Waals surface area contributed by atoms with E-state index in [2.05, 4.69) is 0 Å². The molecule has 0 saturated heterocycles. The Bertz CT molecular complexity index is 452. The number of carboxylic acid groups (broad SMARTS) is 1. The third-order valence-corrected chi connectivity index (χ3v) is 3.98. The lowest BCUT2D eigenvalue weighted by Gasteiger charge is -2.29. The molecule has 1 N–H and O–H groups in total. The molecule has 0 bridgehead atoms. The van der Waals surface area contributed by atoms with Crippen LogP contribution in [0.4, 0.5) is 5.69 Å². The number of carboxylic acids is 1. The van der Waals surface area contributed by atoms with Crippen LogP contribution < -0.4 is 4.90 Å². The van der Waals surface area contributed by atoms with Gasteiger partial charge in [-0.1, -0.05) is 32.0 Å². The summed E-state index contributed by atoms with van der Waals surface area (Å²) in [5, 5.41) is 9.43. The van der Waals surface area contributed by atoms with E-state index in [1.165, 1.54) is 0 Å². The lowest BCUT2D eigenvalue weighted by atomic mass is 9.79. The molecule has 0 heterocycles. The van der Waals surface area contributed by atoms with E-state index in [0.29, 0.717) is 19.4 Å². The van der Waals surface area contributed by atoms with Gasteiger partial charge in [-0.15, -0.1) is 0 Å². The van der Waals surface area contributed by atoms with Gasteiger partial charge in [0.15, 0.2) is 0 Å². The molecule has 0 saturated carbocycles. The number of benzene rings is 1. The molecule has 0 unspecified atom stereocenters. The van der Waals surface area contributed by atoms with Crippen LogP contribution >= 0.6 is 0 Å². The van der Waals surface area contributed by atoms with Crippen LogP contribution in [0.3, 0.4) is 0 Å². The predicted octanol–water partition coefficient (Wildman–Crippen LogP) is 3.32. The minimum atomic E-state index is -0.959. The van der Waals surface area contributed by atoms with Crippen molar-refractivity contribution in [2.24, 2.45) is 5.41 Å². The highest BCUT2D eigenvalue weighted by atomic mass is 16.4. The standard InChI is InChI=1S/C16H23NO3/c1-4-16(5-2,15(19)20)12-14(18)17(6-3)13-10-8-7-9-11-13/h7-11H,4-6,12H2,1-3H3,(H,19,20). The summed E-state index contributed by atoms with van der Waals surface area (Å²) in [4.78, 5) is 25.6. The van der Waals surface area contributed by atoms with E-state index >= 15 is 0 Å². The lowest BCUT2D eigenvalue weighted by molar-refractivity contribution is -0.152. The molecule has 4 heteroatoms. The van der Waals surface area contributed by atoms with Gasteiger partial charge >= 0.3 is 5.97 Å². The van der Waals surface area contributed by atoms with Gasteiger partial charge in [0, 0.05) is 18.7 Å². The topological polar surface area (TPSA) is 57.6 Å². The van der Waals surface area contributed by atoms with E-state index < -0.39 is 11.4 Å². The number of amides is 1. The van der Waals surface area contributed by atoms with Crippen LogP contribution in [0.2, 0.25) is 0 Å². The van der Waals surface area contributed by atoms with Crippen molar-refractivity contribution in [1.29, 1.82) is 0 Å². The summed E-state index contributed by atoms with van der Waals surface area (Å²) < 4.78 is 0. The van der Waals surface area contributed by atoms with Gasteiger partial charge in [0.2, 0.25) is 5.91 Å².